The maximum atomic E-state index is 11.6. The molecule has 0 atom stereocenters. The van der Waals surface area contributed by atoms with E-state index in [4.69, 9.17) is 9.47 Å². The third-order valence-electron chi connectivity index (χ3n) is 3.54. The van der Waals surface area contributed by atoms with E-state index in [1.165, 1.54) is 0 Å². The standard InChI is InChI=1S/C20H23NO3/c1-16-11-12-17(14-19(16)23-2)8-6-7-13-21-20(22)24-15-18-9-4-3-5-10-18/h3-6,8-12,14H,7,13,15H2,1-2H3,(H,21,22). The van der Waals surface area contributed by atoms with Crippen molar-refractivity contribution in [3.63, 3.8) is 0 Å². The van der Waals surface area contributed by atoms with Crippen LogP contribution in [0.5, 0.6) is 5.75 Å². The van der Waals surface area contributed by atoms with Crippen LogP contribution in [-0.2, 0) is 11.3 Å². The number of rotatable bonds is 7. The molecule has 0 heterocycles. The normalized spacial score (nSPS) is 10.6. The van der Waals surface area contributed by atoms with Crippen LogP contribution in [-0.4, -0.2) is 19.7 Å². The van der Waals surface area contributed by atoms with Gasteiger partial charge in [0.15, 0.2) is 0 Å². The Hall–Kier alpha value is -2.75. The number of methoxy groups -OCH3 is 1. The van der Waals surface area contributed by atoms with Gasteiger partial charge in [-0.3, -0.25) is 0 Å². The lowest BCUT2D eigenvalue weighted by molar-refractivity contribution is 0.140. The van der Waals surface area contributed by atoms with E-state index in [2.05, 4.69) is 5.32 Å². The van der Waals surface area contributed by atoms with Gasteiger partial charge in [-0.15, -0.1) is 0 Å². The number of carbonyl (C=O) groups excluding carboxylic acids is 1. The third-order valence-corrected chi connectivity index (χ3v) is 3.54. The van der Waals surface area contributed by atoms with E-state index in [9.17, 15) is 4.79 Å². The van der Waals surface area contributed by atoms with Crippen molar-refractivity contribution >= 4 is 12.2 Å². The molecule has 0 aliphatic rings. The Morgan fingerprint density at radius 1 is 1.17 bits per heavy atom. The summed E-state index contributed by atoms with van der Waals surface area (Å²) < 4.78 is 10.4. The second kappa shape index (κ2) is 9.40. The molecule has 0 saturated heterocycles. The Morgan fingerprint density at radius 2 is 1.96 bits per heavy atom. The second-order valence-corrected chi connectivity index (χ2v) is 5.41. The van der Waals surface area contributed by atoms with Gasteiger partial charge in [-0.05, 0) is 36.1 Å². The van der Waals surface area contributed by atoms with Crippen molar-refractivity contribution < 1.29 is 14.3 Å². The predicted octanol–water partition coefficient (Wildman–Crippen LogP) is 4.33. The number of aryl methyl sites for hydroxylation is 1. The first-order chi connectivity index (χ1) is 11.7. The van der Waals surface area contributed by atoms with Gasteiger partial charge in [0.1, 0.15) is 12.4 Å². The maximum absolute atomic E-state index is 11.6. The molecule has 4 nitrogen and oxygen atoms in total. The molecule has 0 aliphatic heterocycles. The van der Waals surface area contributed by atoms with Crippen LogP contribution in [0.15, 0.2) is 54.6 Å². The van der Waals surface area contributed by atoms with E-state index in [1.807, 2.05) is 67.6 Å². The summed E-state index contributed by atoms with van der Waals surface area (Å²) in [5.41, 5.74) is 3.16. The molecule has 2 aromatic carbocycles. The fraction of sp³-hybridized carbons (Fsp3) is 0.250. The average Bonchev–Trinajstić information content (AvgIpc) is 2.62. The largest absolute Gasteiger partial charge is 0.496 e. The van der Waals surface area contributed by atoms with E-state index in [0.29, 0.717) is 6.54 Å². The molecule has 2 rings (SSSR count). The second-order valence-electron chi connectivity index (χ2n) is 5.41. The quantitative estimate of drug-likeness (QED) is 0.771. The van der Waals surface area contributed by atoms with Crippen LogP contribution in [0, 0.1) is 6.92 Å². The van der Waals surface area contributed by atoms with Gasteiger partial charge < -0.3 is 14.8 Å². The average molecular weight is 325 g/mol. The number of nitrogens with one attached hydrogen (secondary N) is 1. The molecule has 126 valence electrons. The van der Waals surface area contributed by atoms with Gasteiger partial charge >= 0.3 is 6.09 Å². The van der Waals surface area contributed by atoms with Crippen LogP contribution < -0.4 is 10.1 Å². The molecule has 1 amide bonds. The Balaban J connectivity index is 1.67. The Kier molecular flexibility index (Phi) is 6.90. The molecule has 0 aromatic heterocycles. The van der Waals surface area contributed by atoms with Crippen molar-refractivity contribution in [2.45, 2.75) is 20.0 Å². The number of hydrogen-bond acceptors (Lipinski definition) is 3. The van der Waals surface area contributed by atoms with Gasteiger partial charge in [0, 0.05) is 6.54 Å². The summed E-state index contributed by atoms with van der Waals surface area (Å²) in [6.07, 6.45) is 4.36. The number of hydrogen-bond donors (Lipinski definition) is 1. The van der Waals surface area contributed by atoms with Crippen molar-refractivity contribution in [1.82, 2.24) is 5.32 Å². The smallest absolute Gasteiger partial charge is 0.407 e. The number of benzene rings is 2. The first-order valence-electron chi connectivity index (χ1n) is 7.95. The summed E-state index contributed by atoms with van der Waals surface area (Å²) in [6, 6.07) is 15.7. The molecule has 0 unspecified atom stereocenters. The minimum atomic E-state index is -0.399. The third kappa shape index (κ3) is 5.80. The SMILES string of the molecule is COc1cc(C=CCCNC(=O)OCc2ccccc2)ccc1C. The molecular formula is C20H23NO3. The molecule has 0 fully saturated rings. The van der Waals surface area contributed by atoms with Gasteiger partial charge in [-0.25, -0.2) is 4.79 Å². The van der Waals surface area contributed by atoms with Gasteiger partial charge in [-0.1, -0.05) is 54.6 Å². The molecule has 1 N–H and O–H groups in total. The van der Waals surface area contributed by atoms with Gasteiger partial charge in [-0.2, -0.15) is 0 Å². The van der Waals surface area contributed by atoms with Crippen LogP contribution in [0.25, 0.3) is 6.08 Å². The van der Waals surface area contributed by atoms with E-state index in [1.54, 1.807) is 7.11 Å². The molecule has 0 bridgehead atoms. The highest BCUT2D eigenvalue weighted by molar-refractivity contribution is 5.67. The lowest BCUT2D eigenvalue weighted by atomic mass is 10.1. The van der Waals surface area contributed by atoms with Gasteiger partial charge in [0.05, 0.1) is 7.11 Å². The van der Waals surface area contributed by atoms with Crippen LogP contribution in [0.1, 0.15) is 23.1 Å². The monoisotopic (exact) mass is 325 g/mol. The minimum Gasteiger partial charge on any atom is -0.496 e. The topological polar surface area (TPSA) is 47.6 Å². The Bertz CT molecular complexity index is 681. The summed E-state index contributed by atoms with van der Waals surface area (Å²) in [4.78, 5) is 11.6. The predicted molar refractivity (Wildman–Crippen MR) is 96.0 cm³/mol. The van der Waals surface area contributed by atoms with E-state index >= 15 is 0 Å². The fourth-order valence-electron chi connectivity index (χ4n) is 2.19. The van der Waals surface area contributed by atoms with E-state index < -0.39 is 6.09 Å². The summed E-state index contributed by atoms with van der Waals surface area (Å²) >= 11 is 0. The molecule has 0 saturated carbocycles. The summed E-state index contributed by atoms with van der Waals surface area (Å²) in [5, 5.41) is 2.73. The molecule has 24 heavy (non-hydrogen) atoms. The summed E-state index contributed by atoms with van der Waals surface area (Å²) in [6.45, 7) is 2.83. The molecule has 0 spiro atoms. The van der Waals surface area contributed by atoms with Crippen molar-refractivity contribution in [1.29, 1.82) is 0 Å². The summed E-state index contributed by atoms with van der Waals surface area (Å²) in [7, 11) is 1.67. The number of alkyl carbamates (subject to hydrolysis) is 1. The molecule has 4 heteroatoms. The highest BCUT2D eigenvalue weighted by Crippen LogP contribution is 2.19. The highest BCUT2D eigenvalue weighted by Gasteiger charge is 2.01. The van der Waals surface area contributed by atoms with Crippen molar-refractivity contribution in [2.24, 2.45) is 0 Å². The molecule has 2 aromatic rings. The Morgan fingerprint density at radius 3 is 2.71 bits per heavy atom. The Labute approximate surface area is 143 Å². The lowest BCUT2D eigenvalue weighted by Crippen LogP contribution is -2.24. The van der Waals surface area contributed by atoms with Crippen LogP contribution in [0.2, 0.25) is 0 Å². The van der Waals surface area contributed by atoms with Crippen molar-refractivity contribution in [2.75, 3.05) is 13.7 Å². The molecule has 0 radical (unpaired) electrons. The van der Waals surface area contributed by atoms with Gasteiger partial charge in [0.25, 0.3) is 0 Å². The molecule has 0 aliphatic carbocycles. The van der Waals surface area contributed by atoms with Crippen LogP contribution in [0.3, 0.4) is 0 Å². The highest BCUT2D eigenvalue weighted by atomic mass is 16.5. The van der Waals surface area contributed by atoms with Gasteiger partial charge in [0.2, 0.25) is 0 Å². The summed E-state index contributed by atoms with van der Waals surface area (Å²) in [5.74, 6) is 0.875. The van der Waals surface area contributed by atoms with E-state index in [0.717, 1.165) is 28.9 Å². The zero-order chi connectivity index (χ0) is 17.2. The van der Waals surface area contributed by atoms with E-state index in [-0.39, 0.29) is 6.61 Å². The minimum absolute atomic E-state index is 0.283. The van der Waals surface area contributed by atoms with Crippen molar-refractivity contribution in [3.05, 3.63) is 71.3 Å². The molecular weight excluding hydrogens is 302 g/mol. The fourth-order valence-corrected chi connectivity index (χ4v) is 2.19. The maximum Gasteiger partial charge on any atom is 0.407 e. The van der Waals surface area contributed by atoms with Crippen LogP contribution >= 0.6 is 0 Å². The number of carbonyl (C=O) groups is 1. The first-order valence-corrected chi connectivity index (χ1v) is 7.95. The zero-order valence-electron chi connectivity index (χ0n) is 14.1. The first kappa shape index (κ1) is 17.6. The lowest BCUT2D eigenvalue weighted by Gasteiger charge is -2.06. The van der Waals surface area contributed by atoms with Crippen LogP contribution in [0.4, 0.5) is 4.79 Å². The number of amides is 1. The number of ether oxygens (including phenoxy) is 2. The van der Waals surface area contributed by atoms with Crippen molar-refractivity contribution in [3.8, 4) is 5.75 Å². The zero-order valence-corrected chi connectivity index (χ0v) is 14.1.